The van der Waals surface area contributed by atoms with Crippen LogP contribution in [0.3, 0.4) is 0 Å². The fraction of sp³-hybridized carbons (Fsp3) is 0.435. The van der Waals surface area contributed by atoms with Crippen LogP contribution in [0.5, 0.6) is 11.5 Å². The maximum Gasteiger partial charge on any atom is 0.223 e. The number of nitrogens with zero attached hydrogens (tertiary/aromatic N) is 1. The van der Waals surface area contributed by atoms with E-state index in [2.05, 4.69) is 22.3 Å². The van der Waals surface area contributed by atoms with E-state index < -0.39 is 0 Å². The molecule has 1 heterocycles. The molecule has 150 valence electrons. The molecule has 1 fully saturated rings. The number of carbonyl (C=O) groups is 1. The minimum absolute atomic E-state index is 0.123. The number of ether oxygens (including phenoxy) is 2. The van der Waals surface area contributed by atoms with Crippen LogP contribution in [-0.2, 0) is 17.8 Å². The third-order valence-corrected chi connectivity index (χ3v) is 5.37. The van der Waals surface area contributed by atoms with Gasteiger partial charge in [-0.3, -0.25) is 9.69 Å². The number of carbonyl (C=O) groups excluding carboxylic acids is 1. The molecule has 0 aliphatic carbocycles. The second-order valence-corrected chi connectivity index (χ2v) is 7.29. The van der Waals surface area contributed by atoms with E-state index in [9.17, 15) is 4.79 Å². The zero-order valence-electron chi connectivity index (χ0n) is 16.8. The SMILES string of the molecule is COc1ccc(CCNC(=O)C2CCN(Cc3cccc(OC)c3)CC2)cc1. The monoisotopic (exact) mass is 382 g/mol. The van der Waals surface area contributed by atoms with E-state index in [0.717, 1.165) is 50.4 Å². The van der Waals surface area contributed by atoms with Gasteiger partial charge in [0.1, 0.15) is 11.5 Å². The third kappa shape index (κ3) is 5.73. The molecule has 0 unspecified atom stereocenters. The maximum absolute atomic E-state index is 12.5. The average Bonchev–Trinajstić information content (AvgIpc) is 2.75. The molecule has 0 aromatic heterocycles. The topological polar surface area (TPSA) is 50.8 Å². The molecule has 28 heavy (non-hydrogen) atoms. The highest BCUT2D eigenvalue weighted by molar-refractivity contribution is 5.78. The number of piperidine rings is 1. The fourth-order valence-corrected chi connectivity index (χ4v) is 3.65. The minimum Gasteiger partial charge on any atom is -0.497 e. The molecule has 1 amide bonds. The minimum atomic E-state index is 0.123. The van der Waals surface area contributed by atoms with Gasteiger partial charge in [-0.05, 0) is 67.7 Å². The van der Waals surface area contributed by atoms with Crippen LogP contribution >= 0.6 is 0 Å². The van der Waals surface area contributed by atoms with Crippen molar-refractivity contribution in [1.82, 2.24) is 10.2 Å². The van der Waals surface area contributed by atoms with Crippen molar-refractivity contribution < 1.29 is 14.3 Å². The highest BCUT2D eigenvalue weighted by atomic mass is 16.5. The molecular weight excluding hydrogens is 352 g/mol. The number of hydrogen-bond acceptors (Lipinski definition) is 4. The molecule has 0 atom stereocenters. The van der Waals surface area contributed by atoms with Gasteiger partial charge in [-0.15, -0.1) is 0 Å². The number of hydrogen-bond donors (Lipinski definition) is 1. The van der Waals surface area contributed by atoms with Crippen LogP contribution in [0.1, 0.15) is 24.0 Å². The van der Waals surface area contributed by atoms with Gasteiger partial charge in [0.05, 0.1) is 14.2 Å². The lowest BCUT2D eigenvalue weighted by Gasteiger charge is -2.31. The van der Waals surface area contributed by atoms with E-state index in [0.29, 0.717) is 6.54 Å². The zero-order chi connectivity index (χ0) is 19.8. The highest BCUT2D eigenvalue weighted by Crippen LogP contribution is 2.21. The lowest BCUT2D eigenvalue weighted by Crippen LogP contribution is -2.40. The van der Waals surface area contributed by atoms with Crippen LogP contribution in [-0.4, -0.2) is 44.7 Å². The van der Waals surface area contributed by atoms with Crippen LogP contribution in [0.2, 0.25) is 0 Å². The van der Waals surface area contributed by atoms with Crippen molar-refractivity contribution in [3.05, 3.63) is 59.7 Å². The first-order valence-corrected chi connectivity index (χ1v) is 9.94. The summed E-state index contributed by atoms with van der Waals surface area (Å²) in [5.41, 5.74) is 2.45. The summed E-state index contributed by atoms with van der Waals surface area (Å²) in [6.07, 6.45) is 2.67. The first kappa shape index (κ1) is 20.2. The largest absolute Gasteiger partial charge is 0.497 e. The van der Waals surface area contributed by atoms with E-state index in [-0.39, 0.29) is 11.8 Å². The van der Waals surface area contributed by atoms with Crippen molar-refractivity contribution in [3.63, 3.8) is 0 Å². The second-order valence-electron chi connectivity index (χ2n) is 7.29. The van der Waals surface area contributed by atoms with Gasteiger partial charge in [-0.2, -0.15) is 0 Å². The molecule has 2 aromatic rings. The molecule has 5 nitrogen and oxygen atoms in total. The van der Waals surface area contributed by atoms with Gasteiger partial charge in [0.15, 0.2) is 0 Å². The molecular formula is C23H30N2O3. The number of amides is 1. The summed E-state index contributed by atoms with van der Waals surface area (Å²) in [5, 5.41) is 3.10. The summed E-state index contributed by atoms with van der Waals surface area (Å²) in [4.78, 5) is 14.9. The molecule has 1 saturated heterocycles. The van der Waals surface area contributed by atoms with E-state index in [1.165, 1.54) is 11.1 Å². The van der Waals surface area contributed by atoms with Crippen molar-refractivity contribution in [2.45, 2.75) is 25.8 Å². The van der Waals surface area contributed by atoms with Crippen molar-refractivity contribution in [2.24, 2.45) is 5.92 Å². The van der Waals surface area contributed by atoms with Gasteiger partial charge in [-0.1, -0.05) is 24.3 Å². The molecule has 0 spiro atoms. The molecule has 0 bridgehead atoms. The van der Waals surface area contributed by atoms with Crippen molar-refractivity contribution in [1.29, 1.82) is 0 Å². The molecule has 3 rings (SSSR count). The first-order chi connectivity index (χ1) is 13.7. The molecule has 0 saturated carbocycles. The van der Waals surface area contributed by atoms with Gasteiger partial charge in [-0.25, -0.2) is 0 Å². The maximum atomic E-state index is 12.5. The summed E-state index contributed by atoms with van der Waals surface area (Å²) in [7, 11) is 3.36. The predicted molar refractivity (Wildman–Crippen MR) is 111 cm³/mol. The Bertz CT molecular complexity index is 753. The molecule has 1 aliphatic rings. The van der Waals surface area contributed by atoms with Crippen LogP contribution in [0.15, 0.2) is 48.5 Å². The summed E-state index contributed by atoms with van der Waals surface area (Å²) < 4.78 is 10.5. The van der Waals surface area contributed by atoms with E-state index >= 15 is 0 Å². The van der Waals surface area contributed by atoms with Crippen LogP contribution < -0.4 is 14.8 Å². The molecule has 0 radical (unpaired) electrons. The number of methoxy groups -OCH3 is 2. The summed E-state index contributed by atoms with van der Waals surface area (Å²) in [5.74, 6) is 2.06. The van der Waals surface area contributed by atoms with Gasteiger partial charge in [0.25, 0.3) is 0 Å². The summed E-state index contributed by atoms with van der Waals surface area (Å²) in [6.45, 7) is 3.49. The Morgan fingerprint density at radius 2 is 1.71 bits per heavy atom. The van der Waals surface area contributed by atoms with E-state index in [1.807, 2.05) is 36.4 Å². The van der Waals surface area contributed by atoms with Gasteiger partial charge in [0.2, 0.25) is 5.91 Å². The molecule has 5 heteroatoms. The van der Waals surface area contributed by atoms with Crippen molar-refractivity contribution in [2.75, 3.05) is 33.9 Å². The van der Waals surface area contributed by atoms with Crippen LogP contribution in [0.25, 0.3) is 0 Å². The fourth-order valence-electron chi connectivity index (χ4n) is 3.65. The number of nitrogens with one attached hydrogen (secondary N) is 1. The number of benzene rings is 2. The third-order valence-electron chi connectivity index (χ3n) is 5.37. The summed E-state index contributed by atoms with van der Waals surface area (Å²) in [6, 6.07) is 16.2. The Morgan fingerprint density at radius 1 is 1.00 bits per heavy atom. The van der Waals surface area contributed by atoms with E-state index in [1.54, 1.807) is 14.2 Å². The van der Waals surface area contributed by atoms with Crippen LogP contribution in [0, 0.1) is 5.92 Å². The van der Waals surface area contributed by atoms with Gasteiger partial charge < -0.3 is 14.8 Å². The average molecular weight is 383 g/mol. The smallest absolute Gasteiger partial charge is 0.223 e. The quantitative estimate of drug-likeness (QED) is 0.761. The van der Waals surface area contributed by atoms with Crippen molar-refractivity contribution >= 4 is 5.91 Å². The van der Waals surface area contributed by atoms with Crippen molar-refractivity contribution in [3.8, 4) is 11.5 Å². The first-order valence-electron chi connectivity index (χ1n) is 9.94. The number of likely N-dealkylation sites (tertiary alicyclic amines) is 1. The Balaban J connectivity index is 1.38. The summed E-state index contributed by atoms with van der Waals surface area (Å²) >= 11 is 0. The molecule has 2 aromatic carbocycles. The Kier molecular flexibility index (Phi) is 7.31. The molecule has 1 aliphatic heterocycles. The lowest BCUT2D eigenvalue weighted by molar-refractivity contribution is -0.126. The predicted octanol–water partition coefficient (Wildman–Crippen LogP) is 3.27. The number of rotatable bonds is 8. The Hall–Kier alpha value is -2.53. The second kappa shape index (κ2) is 10.1. The zero-order valence-corrected chi connectivity index (χ0v) is 16.8. The highest BCUT2D eigenvalue weighted by Gasteiger charge is 2.24. The Labute approximate surface area is 167 Å². The van der Waals surface area contributed by atoms with E-state index in [4.69, 9.17) is 9.47 Å². The molecule has 1 N–H and O–H groups in total. The van der Waals surface area contributed by atoms with Gasteiger partial charge >= 0.3 is 0 Å². The van der Waals surface area contributed by atoms with Gasteiger partial charge in [0, 0.05) is 19.0 Å². The normalized spacial score (nSPS) is 15.2. The lowest BCUT2D eigenvalue weighted by atomic mass is 9.95. The standard InChI is InChI=1S/C23H30N2O3/c1-27-21-8-6-18(7-9-21)10-13-24-23(26)20-11-14-25(15-12-20)17-19-4-3-5-22(16-19)28-2/h3-9,16,20H,10-15,17H2,1-2H3,(H,24,26). The van der Waals surface area contributed by atoms with Crippen LogP contribution in [0.4, 0.5) is 0 Å². The Morgan fingerprint density at radius 3 is 2.39 bits per heavy atom.